The van der Waals surface area contributed by atoms with Crippen LogP contribution >= 0.6 is 0 Å². The average molecular weight is 492 g/mol. The van der Waals surface area contributed by atoms with Gasteiger partial charge >= 0.3 is 5.97 Å². The van der Waals surface area contributed by atoms with Crippen LogP contribution in [0.4, 0.5) is 0 Å². The number of rotatable bonds is 9. The highest BCUT2D eigenvalue weighted by molar-refractivity contribution is 6.00. The molecule has 0 aromatic heterocycles. The third kappa shape index (κ3) is 6.98. The van der Waals surface area contributed by atoms with Gasteiger partial charge in [-0.15, -0.1) is 0 Å². The number of benzene rings is 1. The molecule has 2 aliphatic rings. The van der Waals surface area contributed by atoms with Gasteiger partial charge in [-0.1, -0.05) is 6.07 Å². The summed E-state index contributed by atoms with van der Waals surface area (Å²) in [5.41, 5.74) is -0.847. The average Bonchev–Trinajstić information content (AvgIpc) is 2.84. The molecule has 1 fully saturated rings. The van der Waals surface area contributed by atoms with Crippen LogP contribution in [-0.4, -0.2) is 93.9 Å². The quantitative estimate of drug-likeness (QED) is 0.224. The number of carbonyl (C=O) groups is 2. The number of phenols is 1. The molecule has 3 rings (SSSR count). The van der Waals surface area contributed by atoms with Gasteiger partial charge in [-0.2, -0.15) is 0 Å². The molecule has 1 aliphatic carbocycles. The predicted octanol–water partition coefficient (Wildman–Crippen LogP) is -0.402. The maximum Gasteiger partial charge on any atom is 0.330 e. The first-order chi connectivity index (χ1) is 16.6. The fourth-order valence-electron chi connectivity index (χ4n) is 3.44. The van der Waals surface area contributed by atoms with E-state index in [2.05, 4.69) is 0 Å². The number of ether oxygens (including phenoxy) is 4. The maximum atomic E-state index is 12.1. The Morgan fingerprint density at radius 1 is 1.14 bits per heavy atom. The number of aromatic hydroxyl groups is 1. The molecule has 5 atom stereocenters. The van der Waals surface area contributed by atoms with Crippen molar-refractivity contribution in [3.8, 4) is 11.5 Å². The van der Waals surface area contributed by atoms with Crippen molar-refractivity contribution in [1.82, 2.24) is 0 Å². The van der Waals surface area contributed by atoms with Gasteiger partial charge in [0.15, 0.2) is 23.6 Å². The SMILES string of the molecule is COc1cc(/C=C/C(=O)OC[C@H]2O[C@@H](OCCC3(O)C=CC(=O)C=C3)[C@H](O)[C@@H](O)[C@@H]2O)ccc1O. The van der Waals surface area contributed by atoms with E-state index in [1.165, 1.54) is 49.6 Å². The van der Waals surface area contributed by atoms with E-state index in [1.807, 2.05) is 0 Å². The van der Waals surface area contributed by atoms with Crippen LogP contribution in [0.2, 0.25) is 0 Å². The van der Waals surface area contributed by atoms with Crippen LogP contribution in [0.5, 0.6) is 11.5 Å². The summed E-state index contributed by atoms with van der Waals surface area (Å²) >= 11 is 0. The first-order valence-corrected chi connectivity index (χ1v) is 10.8. The molecule has 1 aromatic rings. The Bertz CT molecular complexity index is 983. The summed E-state index contributed by atoms with van der Waals surface area (Å²) in [4.78, 5) is 23.3. The van der Waals surface area contributed by atoms with E-state index in [0.717, 1.165) is 6.08 Å². The highest BCUT2D eigenvalue weighted by atomic mass is 16.7. The van der Waals surface area contributed by atoms with E-state index in [0.29, 0.717) is 5.56 Å². The van der Waals surface area contributed by atoms with Gasteiger partial charge in [0.25, 0.3) is 0 Å². The molecule has 0 bridgehead atoms. The number of esters is 1. The Labute approximate surface area is 201 Å². The summed E-state index contributed by atoms with van der Waals surface area (Å²) < 4.78 is 21.0. The number of methoxy groups -OCH3 is 1. The summed E-state index contributed by atoms with van der Waals surface area (Å²) in [6.07, 6.45) is 0.343. The zero-order chi connectivity index (χ0) is 25.6. The Hall–Kier alpha value is -3.06. The molecule has 11 nitrogen and oxygen atoms in total. The molecule has 5 N–H and O–H groups in total. The summed E-state index contributed by atoms with van der Waals surface area (Å²) in [7, 11) is 1.39. The fourth-order valence-corrected chi connectivity index (χ4v) is 3.44. The van der Waals surface area contributed by atoms with Crippen LogP contribution in [0.3, 0.4) is 0 Å². The molecule has 1 heterocycles. The molecule has 190 valence electrons. The summed E-state index contributed by atoms with van der Waals surface area (Å²) in [5, 5.41) is 50.5. The number of allylic oxidation sites excluding steroid dienone is 2. The second kappa shape index (κ2) is 11.6. The van der Waals surface area contributed by atoms with Gasteiger partial charge in [-0.3, -0.25) is 4.79 Å². The summed E-state index contributed by atoms with van der Waals surface area (Å²) in [6.45, 7) is -0.556. The number of hydrogen-bond donors (Lipinski definition) is 5. The predicted molar refractivity (Wildman–Crippen MR) is 120 cm³/mol. The summed E-state index contributed by atoms with van der Waals surface area (Å²) in [5.74, 6) is -0.842. The van der Waals surface area contributed by atoms with Crippen molar-refractivity contribution in [1.29, 1.82) is 0 Å². The lowest BCUT2D eigenvalue weighted by Gasteiger charge is -2.40. The molecule has 35 heavy (non-hydrogen) atoms. The zero-order valence-corrected chi connectivity index (χ0v) is 18.9. The lowest BCUT2D eigenvalue weighted by Crippen LogP contribution is -2.59. The van der Waals surface area contributed by atoms with Gasteiger partial charge in [0.1, 0.15) is 36.6 Å². The van der Waals surface area contributed by atoms with Crippen LogP contribution in [0.15, 0.2) is 48.6 Å². The van der Waals surface area contributed by atoms with Crippen LogP contribution in [-0.2, 0) is 23.8 Å². The maximum absolute atomic E-state index is 12.1. The molecule has 0 unspecified atom stereocenters. The molecule has 0 saturated carbocycles. The lowest BCUT2D eigenvalue weighted by atomic mass is 9.94. The summed E-state index contributed by atoms with van der Waals surface area (Å²) in [6, 6.07) is 4.48. The third-order valence-electron chi connectivity index (χ3n) is 5.53. The van der Waals surface area contributed by atoms with Crippen molar-refractivity contribution in [2.24, 2.45) is 0 Å². The molecule has 1 aromatic carbocycles. The number of phenolic OH excluding ortho intramolecular Hbond substituents is 1. The molecular formula is C24H28O11. The zero-order valence-electron chi connectivity index (χ0n) is 18.9. The highest BCUT2D eigenvalue weighted by Gasteiger charge is 2.45. The normalized spacial score (nSPS) is 27.8. The second-order valence-electron chi connectivity index (χ2n) is 8.09. The van der Waals surface area contributed by atoms with E-state index >= 15 is 0 Å². The van der Waals surface area contributed by atoms with Crippen molar-refractivity contribution >= 4 is 17.8 Å². The first-order valence-electron chi connectivity index (χ1n) is 10.8. The van der Waals surface area contributed by atoms with E-state index in [-0.39, 0.29) is 30.3 Å². The van der Waals surface area contributed by atoms with Gasteiger partial charge in [0, 0.05) is 12.5 Å². The second-order valence-corrected chi connectivity index (χ2v) is 8.09. The topological polar surface area (TPSA) is 172 Å². The Morgan fingerprint density at radius 3 is 2.54 bits per heavy atom. The fraction of sp³-hybridized carbons (Fsp3) is 0.417. The Morgan fingerprint density at radius 2 is 1.86 bits per heavy atom. The van der Waals surface area contributed by atoms with Crippen LogP contribution in [0, 0.1) is 0 Å². The van der Waals surface area contributed by atoms with Crippen molar-refractivity contribution < 1.29 is 54.1 Å². The molecular weight excluding hydrogens is 464 g/mol. The molecule has 11 heteroatoms. The third-order valence-corrected chi connectivity index (χ3v) is 5.53. The monoisotopic (exact) mass is 492 g/mol. The molecule has 1 saturated heterocycles. The van der Waals surface area contributed by atoms with Gasteiger partial charge in [-0.25, -0.2) is 4.79 Å². The Balaban J connectivity index is 1.52. The van der Waals surface area contributed by atoms with Crippen LogP contribution in [0.1, 0.15) is 12.0 Å². The highest BCUT2D eigenvalue weighted by Crippen LogP contribution is 2.27. The van der Waals surface area contributed by atoms with Gasteiger partial charge in [0.05, 0.1) is 13.7 Å². The van der Waals surface area contributed by atoms with Crippen molar-refractivity contribution in [2.45, 2.75) is 42.7 Å². The minimum absolute atomic E-state index is 0.0327. The molecule has 1 aliphatic heterocycles. The number of hydrogen-bond acceptors (Lipinski definition) is 11. The van der Waals surface area contributed by atoms with Gasteiger partial charge < -0.3 is 44.5 Å². The van der Waals surface area contributed by atoms with E-state index < -0.39 is 48.9 Å². The van der Waals surface area contributed by atoms with Crippen molar-refractivity contribution in [2.75, 3.05) is 20.3 Å². The van der Waals surface area contributed by atoms with Gasteiger partial charge in [-0.05, 0) is 48.1 Å². The van der Waals surface area contributed by atoms with E-state index in [4.69, 9.17) is 18.9 Å². The standard InChI is InChI=1S/C24H28O11/c1-32-17-12-14(2-4-16(17)26)3-5-19(27)34-13-18-20(28)21(29)22(30)23(35-18)33-11-10-24(31)8-6-15(25)7-9-24/h2-9,12,18,20-23,26,28-31H,10-11,13H2,1H3/b5-3+/t18-,20-,21+,22-,23-/m1/s1. The van der Waals surface area contributed by atoms with Crippen LogP contribution < -0.4 is 4.74 Å². The molecule has 0 spiro atoms. The molecule has 0 amide bonds. The van der Waals surface area contributed by atoms with E-state index in [1.54, 1.807) is 6.07 Å². The number of aliphatic hydroxyl groups excluding tert-OH is 3. The minimum atomic E-state index is -1.63. The number of aliphatic hydroxyl groups is 4. The number of carbonyl (C=O) groups excluding carboxylic acids is 2. The van der Waals surface area contributed by atoms with Gasteiger partial charge in [0.2, 0.25) is 0 Å². The van der Waals surface area contributed by atoms with Crippen molar-refractivity contribution in [3.63, 3.8) is 0 Å². The van der Waals surface area contributed by atoms with E-state index in [9.17, 15) is 35.1 Å². The first kappa shape index (κ1) is 26.5. The molecule has 0 radical (unpaired) electrons. The Kier molecular flexibility index (Phi) is 8.78. The smallest absolute Gasteiger partial charge is 0.330 e. The van der Waals surface area contributed by atoms with Crippen LogP contribution in [0.25, 0.3) is 6.08 Å². The number of ketones is 1. The largest absolute Gasteiger partial charge is 0.504 e. The van der Waals surface area contributed by atoms with Crippen molar-refractivity contribution in [3.05, 3.63) is 54.1 Å². The minimum Gasteiger partial charge on any atom is -0.504 e. The lowest BCUT2D eigenvalue weighted by molar-refractivity contribution is -0.302.